The minimum atomic E-state index is -0.235. The third kappa shape index (κ3) is 5.49. The number of amides is 1. The third-order valence-electron chi connectivity index (χ3n) is 4.69. The summed E-state index contributed by atoms with van der Waals surface area (Å²) in [4.78, 5) is 12.0. The summed E-state index contributed by atoms with van der Waals surface area (Å²) < 4.78 is 17.5. The molecular formula is C23H29NO4. The number of carbonyl (C=O) groups excluding carboxylic acids is 1. The standard InChI is InChI=1S/C23H29NO4/c1-17(18-9-5-4-6-10-18)26-14-8-13-24-21(25)16-27-20-12-7-11-19-15-23(2,3)28-22(19)20/h4-7,9-12,17H,8,13-16H2,1-3H3,(H,24,25). The van der Waals surface area contributed by atoms with Gasteiger partial charge in [-0.3, -0.25) is 4.79 Å². The summed E-state index contributed by atoms with van der Waals surface area (Å²) >= 11 is 0. The smallest absolute Gasteiger partial charge is 0.257 e. The minimum Gasteiger partial charge on any atom is -0.483 e. The molecule has 0 spiro atoms. The van der Waals surface area contributed by atoms with Crippen molar-refractivity contribution in [1.29, 1.82) is 0 Å². The summed E-state index contributed by atoms with van der Waals surface area (Å²) in [6, 6.07) is 15.9. The van der Waals surface area contributed by atoms with Gasteiger partial charge in [-0.2, -0.15) is 0 Å². The van der Waals surface area contributed by atoms with Gasteiger partial charge in [-0.1, -0.05) is 42.5 Å². The second-order valence-electron chi connectivity index (χ2n) is 7.70. The van der Waals surface area contributed by atoms with Crippen molar-refractivity contribution in [3.8, 4) is 11.5 Å². The maximum absolute atomic E-state index is 12.0. The summed E-state index contributed by atoms with van der Waals surface area (Å²) in [7, 11) is 0. The number of carbonyl (C=O) groups is 1. The molecule has 3 rings (SSSR count). The third-order valence-corrected chi connectivity index (χ3v) is 4.69. The predicted molar refractivity (Wildman–Crippen MR) is 109 cm³/mol. The van der Waals surface area contributed by atoms with E-state index in [0.29, 0.717) is 18.9 Å². The summed E-state index contributed by atoms with van der Waals surface area (Å²) in [6.07, 6.45) is 1.64. The molecular weight excluding hydrogens is 354 g/mol. The zero-order chi connectivity index (χ0) is 20.0. The van der Waals surface area contributed by atoms with Crippen molar-refractivity contribution in [2.24, 2.45) is 0 Å². The molecule has 0 aliphatic carbocycles. The fourth-order valence-electron chi connectivity index (χ4n) is 3.28. The van der Waals surface area contributed by atoms with Gasteiger partial charge in [0.1, 0.15) is 5.60 Å². The van der Waals surface area contributed by atoms with Crippen LogP contribution in [0.25, 0.3) is 0 Å². The Morgan fingerprint density at radius 1 is 1.18 bits per heavy atom. The van der Waals surface area contributed by atoms with E-state index in [2.05, 4.69) is 17.4 Å². The van der Waals surface area contributed by atoms with Crippen LogP contribution in [-0.2, 0) is 16.0 Å². The Kier molecular flexibility index (Phi) is 6.57. The van der Waals surface area contributed by atoms with Crippen molar-refractivity contribution < 1.29 is 19.0 Å². The molecule has 5 heteroatoms. The largest absolute Gasteiger partial charge is 0.483 e. The van der Waals surface area contributed by atoms with Gasteiger partial charge in [-0.25, -0.2) is 0 Å². The van der Waals surface area contributed by atoms with E-state index in [1.54, 1.807) is 0 Å². The van der Waals surface area contributed by atoms with Gasteiger partial charge in [0.25, 0.3) is 5.91 Å². The fraction of sp³-hybridized carbons (Fsp3) is 0.435. The Hall–Kier alpha value is -2.53. The highest BCUT2D eigenvalue weighted by molar-refractivity contribution is 5.77. The lowest BCUT2D eigenvalue weighted by molar-refractivity contribution is -0.123. The molecule has 28 heavy (non-hydrogen) atoms. The van der Waals surface area contributed by atoms with Gasteiger partial charge in [0.2, 0.25) is 0 Å². The Balaban J connectivity index is 1.34. The van der Waals surface area contributed by atoms with Gasteiger partial charge in [0, 0.05) is 25.1 Å². The SMILES string of the molecule is CC(OCCCNC(=O)COc1cccc2c1OC(C)(C)C2)c1ccccc1. The van der Waals surface area contributed by atoms with Crippen molar-refractivity contribution in [3.05, 3.63) is 59.7 Å². The molecule has 1 N–H and O–H groups in total. The first-order valence-electron chi connectivity index (χ1n) is 9.81. The van der Waals surface area contributed by atoms with Crippen LogP contribution in [-0.4, -0.2) is 31.3 Å². The van der Waals surface area contributed by atoms with E-state index < -0.39 is 0 Å². The number of hydrogen-bond donors (Lipinski definition) is 1. The lowest BCUT2D eigenvalue weighted by Crippen LogP contribution is -2.30. The van der Waals surface area contributed by atoms with Gasteiger partial charge in [-0.15, -0.1) is 0 Å². The van der Waals surface area contributed by atoms with Crippen LogP contribution in [0.3, 0.4) is 0 Å². The first-order valence-corrected chi connectivity index (χ1v) is 9.81. The number of ether oxygens (including phenoxy) is 3. The van der Waals surface area contributed by atoms with Gasteiger partial charge >= 0.3 is 0 Å². The van der Waals surface area contributed by atoms with Crippen LogP contribution >= 0.6 is 0 Å². The van der Waals surface area contributed by atoms with Crippen LogP contribution in [0.2, 0.25) is 0 Å². The maximum Gasteiger partial charge on any atom is 0.257 e. The van der Waals surface area contributed by atoms with Crippen molar-refractivity contribution >= 4 is 5.91 Å². The molecule has 150 valence electrons. The molecule has 0 bridgehead atoms. The highest BCUT2D eigenvalue weighted by atomic mass is 16.5. The monoisotopic (exact) mass is 383 g/mol. The fourth-order valence-corrected chi connectivity index (χ4v) is 3.28. The quantitative estimate of drug-likeness (QED) is 0.664. The zero-order valence-electron chi connectivity index (χ0n) is 16.9. The molecule has 2 aromatic rings. The number of hydrogen-bond acceptors (Lipinski definition) is 4. The zero-order valence-corrected chi connectivity index (χ0v) is 16.9. The molecule has 0 saturated carbocycles. The number of rotatable bonds is 9. The van der Waals surface area contributed by atoms with Gasteiger partial charge in [0.15, 0.2) is 18.1 Å². The molecule has 1 unspecified atom stereocenters. The molecule has 0 aromatic heterocycles. The highest BCUT2D eigenvalue weighted by Crippen LogP contribution is 2.41. The molecule has 2 aromatic carbocycles. The van der Waals surface area contributed by atoms with E-state index in [0.717, 1.165) is 29.7 Å². The molecule has 1 atom stereocenters. The van der Waals surface area contributed by atoms with E-state index in [9.17, 15) is 4.79 Å². The summed E-state index contributed by atoms with van der Waals surface area (Å²) in [5.41, 5.74) is 2.04. The van der Waals surface area contributed by atoms with Crippen LogP contribution in [0.4, 0.5) is 0 Å². The molecule has 0 saturated heterocycles. The van der Waals surface area contributed by atoms with Crippen molar-refractivity contribution in [2.75, 3.05) is 19.8 Å². The van der Waals surface area contributed by atoms with E-state index >= 15 is 0 Å². The second-order valence-corrected chi connectivity index (χ2v) is 7.70. The molecule has 1 aliphatic rings. The minimum absolute atomic E-state index is 0.0263. The van der Waals surface area contributed by atoms with Crippen LogP contribution in [0.15, 0.2) is 48.5 Å². The van der Waals surface area contributed by atoms with E-state index in [1.807, 2.05) is 57.2 Å². The molecule has 5 nitrogen and oxygen atoms in total. The van der Waals surface area contributed by atoms with Crippen LogP contribution < -0.4 is 14.8 Å². The van der Waals surface area contributed by atoms with Gasteiger partial charge in [-0.05, 0) is 38.8 Å². The van der Waals surface area contributed by atoms with Crippen LogP contribution in [0.5, 0.6) is 11.5 Å². The Labute approximate surface area is 167 Å². The van der Waals surface area contributed by atoms with E-state index in [-0.39, 0.29) is 24.2 Å². The lowest BCUT2D eigenvalue weighted by atomic mass is 10.0. The molecule has 1 heterocycles. The second kappa shape index (κ2) is 9.11. The number of para-hydroxylation sites is 1. The Bertz CT molecular complexity index is 788. The normalized spacial score (nSPS) is 15.4. The topological polar surface area (TPSA) is 56.8 Å². The molecule has 1 amide bonds. The van der Waals surface area contributed by atoms with Gasteiger partial charge < -0.3 is 19.5 Å². The summed E-state index contributed by atoms with van der Waals surface area (Å²) in [5, 5.41) is 2.87. The Morgan fingerprint density at radius 3 is 2.75 bits per heavy atom. The molecule has 1 aliphatic heterocycles. The first-order chi connectivity index (χ1) is 13.4. The number of fused-ring (bicyclic) bond motifs is 1. The van der Waals surface area contributed by atoms with Crippen molar-refractivity contribution in [2.45, 2.75) is 45.3 Å². The molecule has 0 fully saturated rings. The lowest BCUT2D eigenvalue weighted by Gasteiger charge is -2.18. The average molecular weight is 383 g/mol. The average Bonchev–Trinajstić information content (AvgIpc) is 3.01. The molecule has 0 radical (unpaired) electrons. The van der Waals surface area contributed by atoms with Crippen LogP contribution in [0.1, 0.15) is 44.4 Å². The first kappa shape index (κ1) is 20.2. The van der Waals surface area contributed by atoms with Crippen molar-refractivity contribution in [1.82, 2.24) is 5.32 Å². The number of benzene rings is 2. The summed E-state index contributed by atoms with van der Waals surface area (Å²) in [5.74, 6) is 1.23. The Morgan fingerprint density at radius 2 is 1.96 bits per heavy atom. The van der Waals surface area contributed by atoms with Crippen molar-refractivity contribution in [3.63, 3.8) is 0 Å². The highest BCUT2D eigenvalue weighted by Gasteiger charge is 2.32. The van der Waals surface area contributed by atoms with E-state index in [1.165, 1.54) is 0 Å². The van der Waals surface area contributed by atoms with E-state index in [4.69, 9.17) is 14.2 Å². The van der Waals surface area contributed by atoms with Crippen LogP contribution in [0, 0.1) is 0 Å². The van der Waals surface area contributed by atoms with Gasteiger partial charge in [0.05, 0.1) is 6.10 Å². The maximum atomic E-state index is 12.0. The number of nitrogens with one attached hydrogen (secondary N) is 1. The predicted octanol–water partition coefficient (Wildman–Crippen LogP) is 4.06. The summed E-state index contributed by atoms with van der Waals surface area (Å²) in [6.45, 7) is 7.24.